The van der Waals surface area contributed by atoms with Crippen LogP contribution in [0.2, 0.25) is 0 Å². The molecule has 0 radical (unpaired) electrons. The van der Waals surface area contributed by atoms with Gasteiger partial charge in [-0.2, -0.15) is 0 Å². The quantitative estimate of drug-likeness (QED) is 0.309. The summed E-state index contributed by atoms with van der Waals surface area (Å²) in [5, 5.41) is 0. The summed E-state index contributed by atoms with van der Waals surface area (Å²) in [6.07, 6.45) is 7.75. The average Bonchev–Trinajstić information content (AvgIpc) is 2.74. The van der Waals surface area contributed by atoms with Crippen molar-refractivity contribution >= 4 is 7.87 Å². The van der Waals surface area contributed by atoms with E-state index in [4.69, 9.17) is 0 Å². The lowest BCUT2D eigenvalue weighted by molar-refractivity contribution is 0.177. The lowest BCUT2D eigenvalue weighted by Crippen LogP contribution is -2.57. The molecule has 0 unspecified atom stereocenters. The Bertz CT molecular complexity index is 349. The normalized spacial score (nSPS) is 17.2. The molecule has 29 heavy (non-hydrogen) atoms. The summed E-state index contributed by atoms with van der Waals surface area (Å²) in [6, 6.07) is 0. The van der Waals surface area contributed by atoms with Gasteiger partial charge in [0, 0.05) is 52.4 Å². The number of piperazine rings is 1. The summed E-state index contributed by atoms with van der Waals surface area (Å²) >= 11 is 0. The SMILES string of the molecule is CCCCN(CC)[P+](N(CC)CCCC)(N(CC)CCCC)N1CCN(C)CC1. The molecule has 174 valence electrons. The van der Waals surface area contributed by atoms with Gasteiger partial charge in [0.15, 0.2) is 0 Å². The van der Waals surface area contributed by atoms with E-state index >= 15 is 0 Å². The second-order valence-electron chi connectivity index (χ2n) is 8.49. The summed E-state index contributed by atoms with van der Waals surface area (Å²) in [7, 11) is 0.576. The highest BCUT2D eigenvalue weighted by atomic mass is 31.2. The van der Waals surface area contributed by atoms with Crippen LogP contribution >= 0.6 is 7.87 Å². The Hall–Kier alpha value is 0.230. The minimum atomic E-state index is -1.71. The van der Waals surface area contributed by atoms with Crippen LogP contribution in [0.15, 0.2) is 0 Å². The van der Waals surface area contributed by atoms with Crippen molar-refractivity contribution in [1.29, 1.82) is 0 Å². The zero-order chi connectivity index (χ0) is 21.7. The third-order valence-corrected chi connectivity index (χ3v) is 11.3. The van der Waals surface area contributed by atoms with Gasteiger partial charge in [0.05, 0.1) is 13.1 Å². The van der Waals surface area contributed by atoms with Crippen LogP contribution in [0.3, 0.4) is 0 Å². The Kier molecular flexibility index (Phi) is 14.2. The Morgan fingerprint density at radius 2 is 0.931 bits per heavy atom. The summed E-state index contributed by atoms with van der Waals surface area (Å²) in [4.78, 5) is 2.51. The largest absolute Gasteiger partial charge is 0.308 e. The van der Waals surface area contributed by atoms with Crippen LogP contribution in [0, 0.1) is 0 Å². The van der Waals surface area contributed by atoms with Crippen LogP contribution in [0.5, 0.6) is 0 Å². The van der Waals surface area contributed by atoms with Gasteiger partial charge in [-0.05, 0) is 47.1 Å². The van der Waals surface area contributed by atoms with Crippen LogP contribution in [0.1, 0.15) is 80.1 Å². The maximum atomic E-state index is 2.95. The van der Waals surface area contributed by atoms with E-state index < -0.39 is 7.87 Å². The molecule has 0 amide bonds. The van der Waals surface area contributed by atoms with E-state index in [-0.39, 0.29) is 0 Å². The third kappa shape index (κ3) is 7.12. The van der Waals surface area contributed by atoms with Crippen LogP contribution in [-0.4, -0.2) is 96.1 Å². The van der Waals surface area contributed by atoms with Crippen LogP contribution in [0.4, 0.5) is 0 Å². The summed E-state index contributed by atoms with van der Waals surface area (Å²) in [5.74, 6) is 0. The van der Waals surface area contributed by atoms with E-state index in [0.717, 1.165) is 19.6 Å². The standard InChI is InChI=1S/C23H53N5P/c1-8-14-17-25(11-4)29(26(12-5)18-15-9-2,27(13-6)19-16-10-3)28-22-20-24(7)21-23-28/h8-23H2,1-7H3/q+1. The molecule has 1 heterocycles. The fraction of sp³-hybridized carbons (Fsp3) is 1.00. The molecule has 6 heteroatoms. The van der Waals surface area contributed by atoms with Crippen molar-refractivity contribution in [2.45, 2.75) is 80.1 Å². The van der Waals surface area contributed by atoms with Gasteiger partial charge < -0.3 is 4.90 Å². The molecule has 0 aromatic rings. The molecule has 0 bridgehead atoms. The van der Waals surface area contributed by atoms with Crippen molar-refractivity contribution in [3.8, 4) is 0 Å². The van der Waals surface area contributed by atoms with Crippen LogP contribution in [0.25, 0.3) is 0 Å². The molecular weight excluding hydrogens is 377 g/mol. The maximum absolute atomic E-state index is 2.95. The molecule has 1 rings (SSSR count). The van der Waals surface area contributed by atoms with E-state index in [1.165, 1.54) is 84.3 Å². The van der Waals surface area contributed by atoms with Crippen molar-refractivity contribution in [3.05, 3.63) is 0 Å². The van der Waals surface area contributed by atoms with Crippen LogP contribution in [-0.2, 0) is 0 Å². The Labute approximate surface area is 184 Å². The summed E-state index contributed by atoms with van der Waals surface area (Å²) in [6.45, 7) is 26.2. The monoisotopic (exact) mass is 430 g/mol. The third-order valence-electron chi connectivity index (χ3n) is 6.40. The number of nitrogens with zero attached hydrogens (tertiary/aromatic N) is 5. The van der Waals surface area contributed by atoms with Gasteiger partial charge in [-0.1, -0.05) is 40.0 Å². The molecule has 1 aliphatic heterocycles. The molecule has 1 aliphatic rings. The molecule has 1 fully saturated rings. The highest BCUT2D eigenvalue weighted by molar-refractivity contribution is 7.66. The highest BCUT2D eigenvalue weighted by Crippen LogP contribution is 2.70. The highest BCUT2D eigenvalue weighted by Gasteiger charge is 2.60. The van der Waals surface area contributed by atoms with Gasteiger partial charge in [-0.25, -0.2) is 0 Å². The molecule has 0 spiro atoms. The number of unbranched alkanes of at least 4 members (excludes halogenated alkanes) is 3. The predicted molar refractivity (Wildman–Crippen MR) is 132 cm³/mol. The number of hydrogen-bond donors (Lipinski definition) is 0. The van der Waals surface area contributed by atoms with Gasteiger partial charge in [0.25, 0.3) is 0 Å². The first-order valence-electron chi connectivity index (χ1n) is 12.7. The van der Waals surface area contributed by atoms with Crippen molar-refractivity contribution in [2.24, 2.45) is 0 Å². The van der Waals surface area contributed by atoms with E-state index in [0.29, 0.717) is 0 Å². The number of likely N-dealkylation sites (N-methyl/N-ethyl adjacent to an activating group) is 1. The van der Waals surface area contributed by atoms with Gasteiger partial charge in [0.1, 0.15) is 0 Å². The molecule has 0 aromatic heterocycles. The Balaban J connectivity index is 3.48. The summed E-state index contributed by atoms with van der Waals surface area (Å²) in [5.41, 5.74) is 0. The lowest BCUT2D eigenvalue weighted by atomic mass is 10.3. The van der Waals surface area contributed by atoms with E-state index in [9.17, 15) is 0 Å². The minimum absolute atomic E-state index is 1.16. The van der Waals surface area contributed by atoms with Crippen molar-refractivity contribution in [1.82, 2.24) is 23.6 Å². The molecule has 0 N–H and O–H groups in total. The van der Waals surface area contributed by atoms with E-state index in [1.807, 2.05) is 0 Å². The molecule has 0 saturated carbocycles. The predicted octanol–water partition coefficient (Wildman–Crippen LogP) is 5.28. The van der Waals surface area contributed by atoms with Gasteiger partial charge in [-0.3, -0.25) is 0 Å². The first-order chi connectivity index (χ1) is 14.1. The maximum Gasteiger partial charge on any atom is 0.308 e. The van der Waals surface area contributed by atoms with E-state index in [2.05, 4.69) is 72.2 Å². The fourth-order valence-electron chi connectivity index (χ4n) is 4.61. The zero-order valence-corrected chi connectivity index (χ0v) is 21.9. The minimum Gasteiger partial charge on any atom is -0.304 e. The first-order valence-corrected chi connectivity index (χ1v) is 14.3. The van der Waals surface area contributed by atoms with Crippen molar-refractivity contribution < 1.29 is 0 Å². The number of hydrogen-bond acceptors (Lipinski definition) is 5. The second-order valence-corrected chi connectivity index (χ2v) is 11.8. The Morgan fingerprint density at radius 3 is 1.21 bits per heavy atom. The number of rotatable bonds is 16. The van der Waals surface area contributed by atoms with Gasteiger partial charge in [0.2, 0.25) is 0 Å². The molecule has 0 atom stereocenters. The average molecular weight is 431 g/mol. The fourth-order valence-corrected chi connectivity index (χ4v) is 9.84. The van der Waals surface area contributed by atoms with Gasteiger partial charge >= 0.3 is 7.87 Å². The smallest absolute Gasteiger partial charge is 0.304 e. The van der Waals surface area contributed by atoms with Crippen molar-refractivity contribution in [2.75, 3.05) is 72.5 Å². The summed E-state index contributed by atoms with van der Waals surface area (Å²) < 4.78 is 11.7. The zero-order valence-electron chi connectivity index (χ0n) is 21.0. The Morgan fingerprint density at radius 1 is 0.586 bits per heavy atom. The van der Waals surface area contributed by atoms with Crippen LogP contribution < -0.4 is 0 Å². The molecule has 0 aliphatic carbocycles. The molecular formula is C23H53N5P+. The lowest BCUT2D eigenvalue weighted by Gasteiger charge is -2.52. The van der Waals surface area contributed by atoms with Gasteiger partial charge in [-0.15, -0.1) is 18.7 Å². The van der Waals surface area contributed by atoms with Crippen molar-refractivity contribution in [3.63, 3.8) is 0 Å². The second kappa shape index (κ2) is 15.1. The van der Waals surface area contributed by atoms with E-state index in [1.54, 1.807) is 0 Å². The molecule has 0 aromatic carbocycles. The molecule has 1 saturated heterocycles. The topological polar surface area (TPSA) is 16.2 Å². The first kappa shape index (κ1) is 27.3. The molecule has 5 nitrogen and oxygen atoms in total.